The fourth-order valence-electron chi connectivity index (χ4n) is 2.75. The predicted octanol–water partition coefficient (Wildman–Crippen LogP) is 3.28. The summed E-state index contributed by atoms with van der Waals surface area (Å²) in [4.78, 5) is 0.242. The van der Waals surface area contributed by atoms with Gasteiger partial charge in [-0.1, -0.05) is 42.0 Å². The highest BCUT2D eigenvalue weighted by Crippen LogP contribution is 2.24. The van der Waals surface area contributed by atoms with Crippen LogP contribution in [0.5, 0.6) is 0 Å². The molecule has 3 aromatic rings. The number of aryl methyl sites for hydroxylation is 2. The molecule has 0 atom stereocenters. The van der Waals surface area contributed by atoms with Gasteiger partial charge in [0.2, 0.25) is 10.0 Å². The van der Waals surface area contributed by atoms with Gasteiger partial charge in [-0.25, -0.2) is 13.1 Å². The first-order chi connectivity index (χ1) is 12.9. The highest BCUT2D eigenvalue weighted by atomic mass is 32.2. The number of rotatable bonds is 6. The molecule has 0 aliphatic rings. The standard InChI is InChI=1S/C20H22N4O2S/c1-14-5-4-6-16(11-14)13-22-20-10-9-18(23-24-20)17-8-7-15(2)19(12-17)27(25,26)21-3/h4-12,21H,13H2,1-3H3,(H,22,24). The summed E-state index contributed by atoms with van der Waals surface area (Å²) in [6, 6.07) is 17.1. The Labute approximate surface area is 159 Å². The van der Waals surface area contributed by atoms with Crippen molar-refractivity contribution in [3.63, 3.8) is 0 Å². The first-order valence-corrected chi connectivity index (χ1v) is 10.0. The fraction of sp³-hybridized carbons (Fsp3) is 0.200. The SMILES string of the molecule is CNS(=O)(=O)c1cc(-c2ccc(NCc3cccc(C)c3)nn2)ccc1C. The molecule has 2 N–H and O–H groups in total. The van der Waals surface area contributed by atoms with E-state index in [9.17, 15) is 8.42 Å². The Bertz CT molecular complexity index is 1050. The summed E-state index contributed by atoms with van der Waals surface area (Å²) >= 11 is 0. The number of hydrogen-bond donors (Lipinski definition) is 2. The number of nitrogens with zero attached hydrogens (tertiary/aromatic N) is 2. The molecule has 0 saturated heterocycles. The van der Waals surface area contributed by atoms with E-state index in [1.807, 2.05) is 24.3 Å². The normalized spacial score (nSPS) is 11.4. The summed E-state index contributed by atoms with van der Waals surface area (Å²) in [5.74, 6) is 0.662. The molecule has 1 heterocycles. The van der Waals surface area contributed by atoms with Gasteiger partial charge in [0, 0.05) is 12.1 Å². The monoisotopic (exact) mass is 382 g/mol. The molecule has 0 spiro atoms. The zero-order valence-electron chi connectivity index (χ0n) is 15.5. The zero-order chi connectivity index (χ0) is 19.4. The molecule has 0 bridgehead atoms. The molecule has 1 aromatic heterocycles. The van der Waals surface area contributed by atoms with E-state index < -0.39 is 10.0 Å². The lowest BCUT2D eigenvalue weighted by Crippen LogP contribution is -2.19. The molecule has 140 valence electrons. The summed E-state index contributed by atoms with van der Waals surface area (Å²) in [6.45, 7) is 4.48. The van der Waals surface area contributed by atoms with Crippen LogP contribution in [-0.2, 0) is 16.6 Å². The molecule has 6 nitrogen and oxygen atoms in total. The van der Waals surface area contributed by atoms with Gasteiger partial charge in [-0.05, 0) is 50.2 Å². The van der Waals surface area contributed by atoms with E-state index in [1.54, 1.807) is 19.1 Å². The Morgan fingerprint density at radius 1 is 0.963 bits per heavy atom. The van der Waals surface area contributed by atoms with E-state index in [0.29, 0.717) is 29.2 Å². The van der Waals surface area contributed by atoms with E-state index in [0.717, 1.165) is 0 Å². The number of aromatic nitrogens is 2. The van der Waals surface area contributed by atoms with Gasteiger partial charge in [-0.15, -0.1) is 10.2 Å². The second kappa shape index (κ2) is 7.85. The van der Waals surface area contributed by atoms with Crippen LogP contribution in [0, 0.1) is 13.8 Å². The molecule has 0 amide bonds. The van der Waals surface area contributed by atoms with Crippen LogP contribution >= 0.6 is 0 Å². The number of benzene rings is 2. The Hall–Kier alpha value is -2.77. The predicted molar refractivity (Wildman–Crippen MR) is 107 cm³/mol. The maximum Gasteiger partial charge on any atom is 0.240 e. The van der Waals surface area contributed by atoms with Crippen molar-refractivity contribution >= 4 is 15.8 Å². The van der Waals surface area contributed by atoms with Crippen LogP contribution in [-0.4, -0.2) is 25.7 Å². The molecule has 27 heavy (non-hydrogen) atoms. The van der Waals surface area contributed by atoms with Crippen molar-refractivity contribution in [3.05, 3.63) is 71.3 Å². The molecule has 0 aliphatic carbocycles. The number of sulfonamides is 1. The molecule has 3 rings (SSSR count). The number of anilines is 1. The molecule has 0 unspecified atom stereocenters. The van der Waals surface area contributed by atoms with Crippen LogP contribution in [0.25, 0.3) is 11.3 Å². The average Bonchev–Trinajstić information content (AvgIpc) is 2.67. The summed E-state index contributed by atoms with van der Waals surface area (Å²) in [5, 5.41) is 11.7. The number of nitrogens with one attached hydrogen (secondary N) is 2. The fourth-order valence-corrected chi connectivity index (χ4v) is 3.75. The Morgan fingerprint density at radius 3 is 2.44 bits per heavy atom. The van der Waals surface area contributed by atoms with Gasteiger partial charge < -0.3 is 5.32 Å². The van der Waals surface area contributed by atoms with E-state index in [4.69, 9.17) is 0 Å². The Morgan fingerprint density at radius 2 is 1.78 bits per heavy atom. The molecule has 0 saturated carbocycles. The van der Waals surface area contributed by atoms with Crippen molar-refractivity contribution in [2.45, 2.75) is 25.3 Å². The molecular formula is C20H22N4O2S. The summed E-state index contributed by atoms with van der Waals surface area (Å²) in [7, 11) is -2.12. The van der Waals surface area contributed by atoms with Crippen molar-refractivity contribution in [2.24, 2.45) is 0 Å². The number of hydrogen-bond acceptors (Lipinski definition) is 5. The molecule has 0 aliphatic heterocycles. The maximum atomic E-state index is 12.1. The second-order valence-corrected chi connectivity index (χ2v) is 8.19. The van der Waals surface area contributed by atoms with E-state index in [2.05, 4.69) is 45.4 Å². The quantitative estimate of drug-likeness (QED) is 0.683. The maximum absolute atomic E-state index is 12.1. The lowest BCUT2D eigenvalue weighted by molar-refractivity contribution is 0.587. The molecule has 7 heteroatoms. The van der Waals surface area contributed by atoms with Gasteiger partial charge in [-0.3, -0.25) is 0 Å². The molecule has 0 fully saturated rings. The van der Waals surface area contributed by atoms with Crippen molar-refractivity contribution in [1.29, 1.82) is 0 Å². The first-order valence-electron chi connectivity index (χ1n) is 8.57. The zero-order valence-corrected chi connectivity index (χ0v) is 16.3. The summed E-state index contributed by atoms with van der Waals surface area (Å²) in [6.07, 6.45) is 0. The lowest BCUT2D eigenvalue weighted by atomic mass is 10.1. The minimum absolute atomic E-state index is 0.242. The highest BCUT2D eigenvalue weighted by molar-refractivity contribution is 7.89. The van der Waals surface area contributed by atoms with Crippen LogP contribution in [0.1, 0.15) is 16.7 Å². The van der Waals surface area contributed by atoms with Crippen LogP contribution in [0.3, 0.4) is 0 Å². The van der Waals surface area contributed by atoms with Gasteiger partial charge >= 0.3 is 0 Å². The van der Waals surface area contributed by atoms with Crippen molar-refractivity contribution < 1.29 is 8.42 Å². The highest BCUT2D eigenvalue weighted by Gasteiger charge is 2.16. The van der Waals surface area contributed by atoms with Gasteiger partial charge in [0.1, 0.15) is 5.82 Å². The van der Waals surface area contributed by atoms with E-state index in [-0.39, 0.29) is 4.90 Å². The minimum atomic E-state index is -3.52. The van der Waals surface area contributed by atoms with Gasteiger partial charge in [0.05, 0.1) is 10.6 Å². The van der Waals surface area contributed by atoms with Gasteiger partial charge in [-0.2, -0.15) is 0 Å². The second-order valence-electron chi connectivity index (χ2n) is 6.33. The molecule has 2 aromatic carbocycles. The average molecular weight is 382 g/mol. The van der Waals surface area contributed by atoms with E-state index >= 15 is 0 Å². The smallest absolute Gasteiger partial charge is 0.240 e. The third-order valence-corrected chi connectivity index (χ3v) is 5.82. The lowest BCUT2D eigenvalue weighted by Gasteiger charge is -2.09. The summed E-state index contributed by atoms with van der Waals surface area (Å²) in [5.41, 5.74) is 4.37. The third-order valence-electron chi connectivity index (χ3n) is 4.26. The molecule has 0 radical (unpaired) electrons. The van der Waals surface area contributed by atoms with Crippen molar-refractivity contribution in [1.82, 2.24) is 14.9 Å². The van der Waals surface area contributed by atoms with Crippen LogP contribution in [0.15, 0.2) is 59.5 Å². The Kier molecular flexibility index (Phi) is 5.53. The van der Waals surface area contributed by atoms with Gasteiger partial charge in [0.15, 0.2) is 0 Å². The Balaban J connectivity index is 1.78. The first kappa shape index (κ1) is 19.0. The summed E-state index contributed by atoms with van der Waals surface area (Å²) < 4.78 is 26.6. The molecular weight excluding hydrogens is 360 g/mol. The topological polar surface area (TPSA) is 84.0 Å². The van der Waals surface area contributed by atoms with E-state index in [1.165, 1.54) is 18.2 Å². The van der Waals surface area contributed by atoms with Crippen LogP contribution in [0.2, 0.25) is 0 Å². The minimum Gasteiger partial charge on any atom is -0.365 e. The van der Waals surface area contributed by atoms with Crippen LogP contribution < -0.4 is 10.0 Å². The third kappa shape index (κ3) is 4.50. The van der Waals surface area contributed by atoms with Crippen molar-refractivity contribution in [2.75, 3.05) is 12.4 Å². The largest absolute Gasteiger partial charge is 0.365 e. The van der Waals surface area contributed by atoms with Crippen LogP contribution in [0.4, 0.5) is 5.82 Å². The van der Waals surface area contributed by atoms with Crippen molar-refractivity contribution in [3.8, 4) is 11.3 Å². The van der Waals surface area contributed by atoms with Gasteiger partial charge in [0.25, 0.3) is 0 Å².